The van der Waals surface area contributed by atoms with Gasteiger partial charge in [-0.15, -0.1) is 6.58 Å². The lowest BCUT2D eigenvalue weighted by Gasteiger charge is -2.35. The molecule has 0 saturated heterocycles. The van der Waals surface area contributed by atoms with Crippen molar-refractivity contribution in [2.75, 3.05) is 27.7 Å². The van der Waals surface area contributed by atoms with Gasteiger partial charge in [-0.3, -0.25) is 4.57 Å². The number of rotatable bonds is 18. The Morgan fingerprint density at radius 2 is 1.29 bits per heavy atom. The predicted octanol–water partition coefficient (Wildman–Crippen LogP) is 5.37. The van der Waals surface area contributed by atoms with Crippen LogP contribution in [0.1, 0.15) is 83.5 Å². The van der Waals surface area contributed by atoms with Gasteiger partial charge in [0.15, 0.2) is 0 Å². The van der Waals surface area contributed by atoms with Crippen LogP contribution in [0.3, 0.4) is 0 Å². The van der Waals surface area contributed by atoms with Gasteiger partial charge in [0.25, 0.3) is 0 Å². The second kappa shape index (κ2) is 14.5. The number of quaternary nitrogens is 1. The summed E-state index contributed by atoms with van der Waals surface area (Å²) in [5.74, 6) is 0. The molecule has 0 amide bonds. The molecule has 0 aliphatic heterocycles. The molecule has 0 aliphatic carbocycles. The zero-order valence-corrected chi connectivity index (χ0v) is 19.4. The number of allylic oxidation sites excluding steroid dienone is 3. The smallest absolute Gasteiger partial charge is 0.362 e. The molecule has 0 radical (unpaired) electrons. The van der Waals surface area contributed by atoms with Gasteiger partial charge in [-0.05, 0) is 44.9 Å². The molecule has 0 rings (SSSR count). The fourth-order valence-corrected chi connectivity index (χ4v) is 4.48. The van der Waals surface area contributed by atoms with E-state index in [1.54, 1.807) is 0 Å². The highest BCUT2D eigenvalue weighted by atomic mass is 31.2. The third kappa shape index (κ3) is 14.5. The Morgan fingerprint density at radius 3 is 1.75 bits per heavy atom. The first-order valence-electron chi connectivity index (χ1n) is 10.9. The Hall–Kier alpha value is -0.450. The molecule has 1 unspecified atom stereocenters. The maximum atomic E-state index is 11.7. The second-order valence-corrected chi connectivity index (χ2v) is 11.0. The van der Waals surface area contributed by atoms with Crippen molar-refractivity contribution in [2.45, 2.75) is 88.8 Å². The van der Waals surface area contributed by atoms with Gasteiger partial charge in [-0.25, -0.2) is 0 Å². The van der Waals surface area contributed by atoms with Crippen LogP contribution in [0.5, 0.6) is 0 Å². The molecule has 0 aliphatic rings. The third-order valence-electron chi connectivity index (χ3n) is 4.91. The highest BCUT2D eigenvalue weighted by Crippen LogP contribution is 2.52. The van der Waals surface area contributed by atoms with Crippen LogP contribution in [0.4, 0.5) is 0 Å². The fraction of sp³-hybridized carbons (Fsp3) is 0.818. The van der Waals surface area contributed by atoms with Crippen LogP contribution in [-0.2, 0) is 4.57 Å². The first-order chi connectivity index (χ1) is 13.0. The van der Waals surface area contributed by atoms with E-state index in [1.165, 1.54) is 38.5 Å². The summed E-state index contributed by atoms with van der Waals surface area (Å²) in [7, 11) is 0.956. The molecule has 0 bridgehead atoms. The minimum atomic E-state index is -4.54. The fourth-order valence-electron chi connectivity index (χ4n) is 3.42. The topological polar surface area (TPSA) is 77.8 Å². The maximum Gasteiger partial charge on any atom is 0.362 e. The Bertz CT molecular complexity index is 481. The molecule has 6 heteroatoms. The number of hydrogen-bond donors (Lipinski definition) is 3. The van der Waals surface area contributed by atoms with Crippen molar-refractivity contribution in [3.05, 3.63) is 24.8 Å². The quantitative estimate of drug-likeness (QED) is 0.121. The van der Waals surface area contributed by atoms with Gasteiger partial charge < -0.3 is 19.4 Å². The van der Waals surface area contributed by atoms with Crippen molar-refractivity contribution in [1.82, 2.24) is 0 Å². The van der Waals surface area contributed by atoms with Crippen LogP contribution in [0.25, 0.3) is 0 Å². The number of unbranched alkanes of at least 4 members (excludes halogenated alkanes) is 10. The van der Waals surface area contributed by atoms with E-state index in [9.17, 15) is 19.5 Å². The molecule has 0 spiro atoms. The first-order valence-corrected chi connectivity index (χ1v) is 12.5. The van der Waals surface area contributed by atoms with Crippen LogP contribution in [0.15, 0.2) is 24.8 Å². The molecule has 5 nitrogen and oxygen atoms in total. The molecule has 1 atom stereocenters. The normalized spacial score (nSPS) is 15.1. The van der Waals surface area contributed by atoms with Crippen molar-refractivity contribution < 1.29 is 23.9 Å². The lowest BCUT2D eigenvalue weighted by atomic mass is 10.0. The summed E-state index contributed by atoms with van der Waals surface area (Å²) in [6.45, 7) is 3.78. The highest BCUT2D eigenvalue weighted by molar-refractivity contribution is 7.53. The number of likely N-dealkylation sites (N-methyl/N-ethyl adjacent to an activating group) is 1. The minimum Gasteiger partial charge on any atom is -0.373 e. The van der Waals surface area contributed by atoms with Crippen molar-refractivity contribution >= 4 is 7.60 Å². The third-order valence-corrected chi connectivity index (χ3v) is 6.36. The average molecular weight is 419 g/mol. The molecule has 28 heavy (non-hydrogen) atoms. The number of hydrogen-bond acceptors (Lipinski definition) is 2. The van der Waals surface area contributed by atoms with Crippen molar-refractivity contribution in [3.8, 4) is 0 Å². The average Bonchev–Trinajstić information content (AvgIpc) is 2.56. The molecule has 0 aromatic heterocycles. The molecule has 0 aromatic rings. The standard InChI is InChI=1S/C22H44NO4P/c1-5-6-7-8-9-10-11-12-13-14-15-16-17-18-19-20-22(24,28(25,26)27)21-23(2,3)4/h5,9-10,24H,1,6-8,11-21H2,2-4H3,(H-,25,26,27)/p+1/b10-9-. The summed E-state index contributed by atoms with van der Waals surface area (Å²) in [5.41, 5.74) is 0. The molecule has 0 aromatic carbocycles. The monoisotopic (exact) mass is 418 g/mol. The predicted molar refractivity (Wildman–Crippen MR) is 119 cm³/mol. The number of aliphatic hydroxyl groups is 1. The van der Waals surface area contributed by atoms with Crippen LogP contribution in [0, 0.1) is 0 Å². The van der Waals surface area contributed by atoms with Crippen LogP contribution >= 0.6 is 7.60 Å². The van der Waals surface area contributed by atoms with Gasteiger partial charge in [-0.2, -0.15) is 0 Å². The van der Waals surface area contributed by atoms with E-state index in [0.717, 1.165) is 32.1 Å². The summed E-state index contributed by atoms with van der Waals surface area (Å²) in [6.07, 6.45) is 20.1. The van der Waals surface area contributed by atoms with Gasteiger partial charge in [0.05, 0.1) is 21.1 Å². The summed E-state index contributed by atoms with van der Waals surface area (Å²) in [4.78, 5) is 19.1. The SMILES string of the molecule is C=CCCC/C=C\CCCCCCCCCCC(O)(C[N+](C)(C)C)P(=O)(O)O. The molecular weight excluding hydrogens is 373 g/mol. The minimum absolute atomic E-state index is 0.0555. The summed E-state index contributed by atoms with van der Waals surface area (Å²) >= 11 is 0. The second-order valence-electron chi connectivity index (χ2n) is 9.03. The van der Waals surface area contributed by atoms with Crippen LogP contribution < -0.4 is 0 Å². The molecular formula is C22H45NO4P+. The Kier molecular flexibility index (Phi) is 14.3. The van der Waals surface area contributed by atoms with E-state index in [0.29, 0.717) is 10.9 Å². The van der Waals surface area contributed by atoms with Gasteiger partial charge in [0, 0.05) is 0 Å². The molecule has 0 fully saturated rings. The van der Waals surface area contributed by atoms with Crippen molar-refractivity contribution in [1.29, 1.82) is 0 Å². The Labute approximate surface area is 173 Å². The lowest BCUT2D eigenvalue weighted by molar-refractivity contribution is -0.875. The summed E-state index contributed by atoms with van der Waals surface area (Å²) in [6, 6.07) is 0. The largest absolute Gasteiger partial charge is 0.373 e. The molecule has 166 valence electrons. The van der Waals surface area contributed by atoms with E-state index in [-0.39, 0.29) is 13.0 Å². The molecule has 3 N–H and O–H groups in total. The lowest BCUT2D eigenvalue weighted by Crippen LogP contribution is -2.49. The van der Waals surface area contributed by atoms with Crippen molar-refractivity contribution in [3.63, 3.8) is 0 Å². The highest BCUT2D eigenvalue weighted by Gasteiger charge is 2.48. The zero-order chi connectivity index (χ0) is 21.5. The van der Waals surface area contributed by atoms with Crippen molar-refractivity contribution in [2.24, 2.45) is 0 Å². The van der Waals surface area contributed by atoms with Crippen LogP contribution in [-0.4, -0.2) is 52.4 Å². The van der Waals surface area contributed by atoms with E-state index >= 15 is 0 Å². The summed E-state index contributed by atoms with van der Waals surface area (Å²) in [5, 5.41) is 8.59. The van der Waals surface area contributed by atoms with E-state index in [1.807, 2.05) is 27.2 Å². The van der Waals surface area contributed by atoms with Gasteiger partial charge in [0.1, 0.15) is 6.54 Å². The molecule has 0 heterocycles. The Balaban J connectivity index is 3.74. The van der Waals surface area contributed by atoms with E-state index < -0.39 is 12.9 Å². The first kappa shape index (κ1) is 27.5. The van der Waals surface area contributed by atoms with E-state index in [2.05, 4.69) is 18.7 Å². The number of nitrogens with zero attached hydrogens (tertiary/aromatic N) is 1. The summed E-state index contributed by atoms with van der Waals surface area (Å²) < 4.78 is 12.1. The van der Waals surface area contributed by atoms with E-state index in [4.69, 9.17) is 0 Å². The zero-order valence-electron chi connectivity index (χ0n) is 18.5. The van der Waals surface area contributed by atoms with Gasteiger partial charge in [0.2, 0.25) is 5.34 Å². The van der Waals surface area contributed by atoms with Gasteiger partial charge in [-0.1, -0.05) is 56.8 Å². The molecule has 0 saturated carbocycles. The maximum absolute atomic E-state index is 11.7. The van der Waals surface area contributed by atoms with Gasteiger partial charge >= 0.3 is 7.60 Å². The Morgan fingerprint density at radius 1 is 0.821 bits per heavy atom. The van der Waals surface area contributed by atoms with Crippen LogP contribution in [0.2, 0.25) is 0 Å².